The monoisotopic (exact) mass is 414 g/mol. The van der Waals surface area contributed by atoms with Crippen LogP contribution in [0.2, 0.25) is 0 Å². The van der Waals surface area contributed by atoms with Crippen LogP contribution in [0.15, 0.2) is 43.4 Å². The van der Waals surface area contributed by atoms with Crippen molar-refractivity contribution in [2.24, 2.45) is 0 Å². The van der Waals surface area contributed by atoms with E-state index in [4.69, 9.17) is 0 Å². The first-order chi connectivity index (χ1) is 15.5. The summed E-state index contributed by atoms with van der Waals surface area (Å²) in [6.07, 6.45) is 0. The molecule has 146 valence electrons. The molecule has 8 bridgehead atoms. The number of H-pyrrole nitrogens is 2. The molecule has 5 heterocycles. The highest BCUT2D eigenvalue weighted by molar-refractivity contribution is 6.33. The molecule has 9 rings (SSSR count). The van der Waals surface area contributed by atoms with Gasteiger partial charge in [-0.1, -0.05) is 0 Å². The molecule has 0 atom stereocenters. The molecule has 0 aliphatic carbocycles. The molecule has 8 aromatic rings. The number of rotatable bonds is 0. The van der Waals surface area contributed by atoms with Gasteiger partial charge in [0.2, 0.25) is 0 Å². The molecule has 32 heavy (non-hydrogen) atoms. The van der Waals surface area contributed by atoms with Crippen molar-refractivity contribution in [2.75, 3.05) is 0 Å². The van der Waals surface area contributed by atoms with Gasteiger partial charge >= 0.3 is 0 Å². The molecule has 0 amide bonds. The molecule has 4 aromatic carbocycles. The van der Waals surface area contributed by atoms with Crippen LogP contribution in [0, 0.1) is 0 Å². The van der Waals surface area contributed by atoms with Crippen LogP contribution in [0.4, 0.5) is 0 Å². The second-order valence-electron chi connectivity index (χ2n) is 8.54. The molecule has 0 saturated carbocycles. The van der Waals surface area contributed by atoms with Crippen LogP contribution in [-0.2, 0) is 0 Å². The van der Waals surface area contributed by atoms with Gasteiger partial charge in [-0.2, -0.15) is 0 Å². The molecule has 1 aliphatic heterocycles. The summed E-state index contributed by atoms with van der Waals surface area (Å²) in [6, 6.07) is 7.28. The van der Waals surface area contributed by atoms with E-state index in [1.807, 2.05) is 18.2 Å². The molecule has 0 radical (unpaired) electrons. The summed E-state index contributed by atoms with van der Waals surface area (Å²) in [5.74, 6) is 0. The van der Waals surface area contributed by atoms with Gasteiger partial charge in [0.05, 0.1) is 76.9 Å². The molecular formula is C24H6N4O4. The molecule has 8 heteroatoms. The zero-order chi connectivity index (χ0) is 21.2. The number of fused-ring (bicyclic) bond motifs is 15. The number of aromatic amines is 2. The average Bonchev–Trinajstić information content (AvgIpc) is 3.28. The number of hydrogen-bond acceptors (Lipinski definition) is 6. The van der Waals surface area contributed by atoms with Crippen LogP contribution in [-0.4, -0.2) is 19.9 Å². The Morgan fingerprint density at radius 1 is 0.594 bits per heavy atom. The van der Waals surface area contributed by atoms with E-state index in [1.54, 1.807) is 6.07 Å². The minimum absolute atomic E-state index is 0.0854. The molecule has 1 aliphatic rings. The quantitative estimate of drug-likeness (QED) is 0.392. The number of nitrogens with zero attached hydrogens (tertiary/aromatic N) is 2. The number of aromatic nitrogens is 4. The molecule has 8 nitrogen and oxygen atoms in total. The van der Waals surface area contributed by atoms with Gasteiger partial charge < -0.3 is 9.97 Å². The lowest BCUT2D eigenvalue weighted by molar-refractivity contribution is 1.40. The summed E-state index contributed by atoms with van der Waals surface area (Å²) in [5, 5.41) is 2.29. The summed E-state index contributed by atoms with van der Waals surface area (Å²) in [5.41, 5.74) is 4.44. The number of pyridine rings is 2. The first-order valence-corrected chi connectivity index (χ1v) is 10.0. The highest BCUT2D eigenvalue weighted by atomic mass is 16.1. The van der Waals surface area contributed by atoms with Gasteiger partial charge in [-0.25, -0.2) is 9.97 Å². The minimum atomic E-state index is -0.313. The Labute approximate surface area is 173 Å². The predicted molar refractivity (Wildman–Crippen MR) is 121 cm³/mol. The predicted octanol–water partition coefficient (Wildman–Crippen LogP) is 2.33. The molecule has 2 N–H and O–H groups in total. The largest absolute Gasteiger partial charge is 0.355 e. The lowest BCUT2D eigenvalue weighted by Gasteiger charge is -2.00. The fourth-order valence-electron chi connectivity index (χ4n) is 5.34. The van der Waals surface area contributed by atoms with E-state index < -0.39 is 0 Å². The third-order valence-electron chi connectivity index (χ3n) is 6.93. The van der Waals surface area contributed by atoms with Crippen molar-refractivity contribution >= 4 is 65.4 Å². The van der Waals surface area contributed by atoms with Crippen LogP contribution in [0.3, 0.4) is 0 Å². The number of nitrogens with one attached hydrogen (secondary N) is 2. The highest BCUT2D eigenvalue weighted by Crippen LogP contribution is 2.43. The van der Waals surface area contributed by atoms with E-state index in [-0.39, 0.29) is 27.1 Å². The van der Waals surface area contributed by atoms with Gasteiger partial charge in [0.1, 0.15) is 0 Å². The molecular weight excluding hydrogens is 408 g/mol. The Hall–Kier alpha value is -4.72. The SMILES string of the molecule is O=c1c2c1-c1nc-2cc2ccc(cc3[nH]c(c4c(=O)c5c4nc4c1c(=O)c45)c1c(=O)c31)[nH]2. The Kier molecular flexibility index (Phi) is 1.98. The molecule has 0 spiro atoms. The second-order valence-corrected chi connectivity index (χ2v) is 8.54. The third-order valence-corrected chi connectivity index (χ3v) is 6.93. The fraction of sp³-hybridized carbons (Fsp3) is 0. The summed E-state index contributed by atoms with van der Waals surface area (Å²) in [7, 11) is 0. The van der Waals surface area contributed by atoms with Gasteiger partial charge in [-0.3, -0.25) is 19.2 Å². The Morgan fingerprint density at radius 3 is 2.09 bits per heavy atom. The van der Waals surface area contributed by atoms with E-state index in [1.165, 1.54) is 0 Å². The molecule has 0 fully saturated rings. The van der Waals surface area contributed by atoms with Gasteiger partial charge in [0.15, 0.2) is 21.7 Å². The van der Waals surface area contributed by atoms with Crippen LogP contribution >= 0.6 is 0 Å². The lowest BCUT2D eigenvalue weighted by Crippen LogP contribution is -2.13. The average molecular weight is 414 g/mol. The summed E-state index contributed by atoms with van der Waals surface area (Å²) < 4.78 is 0. The summed E-state index contributed by atoms with van der Waals surface area (Å²) >= 11 is 0. The smallest absolute Gasteiger partial charge is 0.200 e. The Balaban J connectivity index is 1.59. The standard InChI is InChI=1S/C24H6N4O4/c29-21-9-7-3-5-1-2-6(25-5)4-8-10-12(22(10)30)18(27-8)16-20-14(24(16)32)13-19(28-20)15(23(13)31)17(26-7)11(9)21/h1-4,25H,(H,26,29). The fourth-order valence-corrected chi connectivity index (χ4v) is 5.34. The van der Waals surface area contributed by atoms with Gasteiger partial charge in [0, 0.05) is 11.0 Å². The maximum absolute atomic E-state index is 13.0. The zero-order valence-electron chi connectivity index (χ0n) is 15.8. The van der Waals surface area contributed by atoms with E-state index in [0.717, 1.165) is 11.0 Å². The minimum Gasteiger partial charge on any atom is -0.355 e. The van der Waals surface area contributed by atoms with Crippen molar-refractivity contribution in [3.05, 3.63) is 65.2 Å². The summed E-state index contributed by atoms with van der Waals surface area (Å²) in [6.45, 7) is 0. The first-order valence-electron chi connectivity index (χ1n) is 10.0. The topological polar surface area (TPSA) is 126 Å². The normalized spacial score (nSPS) is 13.5. The van der Waals surface area contributed by atoms with Crippen molar-refractivity contribution in [3.63, 3.8) is 0 Å². The van der Waals surface area contributed by atoms with Crippen molar-refractivity contribution in [2.45, 2.75) is 0 Å². The maximum atomic E-state index is 13.0. The van der Waals surface area contributed by atoms with Gasteiger partial charge in [-0.05, 0) is 24.3 Å². The Morgan fingerprint density at radius 2 is 1.28 bits per heavy atom. The van der Waals surface area contributed by atoms with E-state index in [9.17, 15) is 19.2 Å². The third kappa shape index (κ3) is 1.37. The van der Waals surface area contributed by atoms with Crippen LogP contribution < -0.4 is 21.7 Å². The highest BCUT2D eigenvalue weighted by Gasteiger charge is 2.37. The Bertz CT molecular complexity index is 2380. The maximum Gasteiger partial charge on any atom is 0.200 e. The molecule has 0 saturated heterocycles. The van der Waals surface area contributed by atoms with Crippen molar-refractivity contribution < 1.29 is 0 Å². The molecule has 4 aromatic heterocycles. The van der Waals surface area contributed by atoms with Gasteiger partial charge in [0.25, 0.3) is 0 Å². The summed E-state index contributed by atoms with van der Waals surface area (Å²) in [4.78, 5) is 66.3. The number of hydrogen-bond donors (Lipinski definition) is 2. The second kappa shape index (κ2) is 4.19. The van der Waals surface area contributed by atoms with Crippen LogP contribution in [0.1, 0.15) is 0 Å². The van der Waals surface area contributed by atoms with Crippen molar-refractivity contribution in [1.29, 1.82) is 0 Å². The van der Waals surface area contributed by atoms with Gasteiger partial charge in [-0.15, -0.1) is 0 Å². The van der Waals surface area contributed by atoms with Crippen LogP contribution in [0.25, 0.3) is 87.9 Å². The van der Waals surface area contributed by atoms with Crippen LogP contribution in [0.5, 0.6) is 0 Å². The van der Waals surface area contributed by atoms with Crippen molar-refractivity contribution in [1.82, 2.24) is 19.9 Å². The first kappa shape index (κ1) is 15.1. The van der Waals surface area contributed by atoms with Crippen molar-refractivity contribution in [3.8, 4) is 22.5 Å². The van der Waals surface area contributed by atoms with E-state index in [2.05, 4.69) is 19.9 Å². The van der Waals surface area contributed by atoms with E-state index >= 15 is 0 Å². The molecule has 0 unspecified atom stereocenters. The lowest BCUT2D eigenvalue weighted by atomic mass is 9.99. The zero-order valence-corrected chi connectivity index (χ0v) is 15.8. The van der Waals surface area contributed by atoms with E-state index in [0.29, 0.717) is 71.5 Å².